The SMILES string of the molecule is CCOc1ccccc1/C=C1\Oc2cc(OC(=O)c3cc4cc(Br)ccc4o3)ccc2C1=O. The number of carbonyl (C=O) groups excluding carboxylic acids is 2. The van der Waals surface area contributed by atoms with E-state index in [1.807, 2.05) is 43.3 Å². The molecule has 0 unspecified atom stereocenters. The number of allylic oxidation sites excluding steroid dienone is 1. The fourth-order valence-electron chi connectivity index (χ4n) is 3.53. The summed E-state index contributed by atoms with van der Waals surface area (Å²) >= 11 is 3.39. The first-order valence-corrected chi connectivity index (χ1v) is 11.0. The Bertz CT molecular complexity index is 1430. The zero-order valence-electron chi connectivity index (χ0n) is 17.5. The van der Waals surface area contributed by atoms with Gasteiger partial charge in [-0.1, -0.05) is 34.1 Å². The molecule has 1 aliphatic rings. The molecule has 33 heavy (non-hydrogen) atoms. The van der Waals surface area contributed by atoms with E-state index in [-0.39, 0.29) is 23.1 Å². The molecule has 3 aromatic carbocycles. The third-order valence-electron chi connectivity index (χ3n) is 5.04. The highest BCUT2D eigenvalue weighted by Crippen LogP contribution is 2.36. The van der Waals surface area contributed by atoms with E-state index in [1.165, 1.54) is 6.07 Å². The summed E-state index contributed by atoms with van der Waals surface area (Å²) in [6.45, 7) is 2.40. The van der Waals surface area contributed by atoms with E-state index >= 15 is 0 Å². The van der Waals surface area contributed by atoms with Crippen molar-refractivity contribution in [3.63, 3.8) is 0 Å². The van der Waals surface area contributed by atoms with E-state index < -0.39 is 5.97 Å². The molecule has 0 saturated carbocycles. The predicted molar refractivity (Wildman–Crippen MR) is 126 cm³/mol. The van der Waals surface area contributed by atoms with Crippen molar-refractivity contribution in [2.45, 2.75) is 6.92 Å². The number of hydrogen-bond acceptors (Lipinski definition) is 6. The summed E-state index contributed by atoms with van der Waals surface area (Å²) in [6.07, 6.45) is 1.64. The van der Waals surface area contributed by atoms with Crippen LogP contribution in [0.2, 0.25) is 0 Å². The minimum absolute atomic E-state index is 0.0775. The van der Waals surface area contributed by atoms with Crippen LogP contribution in [0, 0.1) is 0 Å². The zero-order chi connectivity index (χ0) is 22.9. The van der Waals surface area contributed by atoms with E-state index in [4.69, 9.17) is 18.6 Å². The summed E-state index contributed by atoms with van der Waals surface area (Å²) in [4.78, 5) is 25.4. The molecule has 4 aromatic rings. The first-order valence-electron chi connectivity index (χ1n) is 10.2. The van der Waals surface area contributed by atoms with Crippen molar-refractivity contribution in [2.75, 3.05) is 6.61 Å². The van der Waals surface area contributed by atoms with Crippen LogP contribution in [0.3, 0.4) is 0 Å². The number of carbonyl (C=O) groups is 2. The number of para-hydroxylation sites is 1. The fourth-order valence-corrected chi connectivity index (χ4v) is 3.91. The number of ether oxygens (including phenoxy) is 3. The quantitative estimate of drug-likeness (QED) is 0.177. The summed E-state index contributed by atoms with van der Waals surface area (Å²) in [5, 5.41) is 0.779. The van der Waals surface area contributed by atoms with Crippen molar-refractivity contribution in [2.24, 2.45) is 0 Å². The van der Waals surface area contributed by atoms with Gasteiger partial charge in [-0.3, -0.25) is 4.79 Å². The normalized spacial score (nSPS) is 13.8. The molecule has 6 nitrogen and oxygen atoms in total. The van der Waals surface area contributed by atoms with Gasteiger partial charge in [-0.15, -0.1) is 0 Å². The molecule has 0 amide bonds. The summed E-state index contributed by atoms with van der Waals surface area (Å²) < 4.78 is 23.3. The molecule has 0 radical (unpaired) electrons. The lowest BCUT2D eigenvalue weighted by Gasteiger charge is -2.07. The van der Waals surface area contributed by atoms with Crippen molar-refractivity contribution >= 4 is 44.7 Å². The number of benzene rings is 3. The van der Waals surface area contributed by atoms with E-state index in [0.717, 1.165) is 15.4 Å². The van der Waals surface area contributed by atoms with Crippen molar-refractivity contribution < 1.29 is 28.2 Å². The number of esters is 1. The highest BCUT2D eigenvalue weighted by atomic mass is 79.9. The Hall–Kier alpha value is -3.84. The average molecular weight is 505 g/mol. The van der Waals surface area contributed by atoms with Crippen molar-refractivity contribution in [3.05, 3.63) is 93.8 Å². The Kier molecular flexibility index (Phi) is 5.48. The van der Waals surface area contributed by atoms with Gasteiger partial charge in [0.1, 0.15) is 22.8 Å². The van der Waals surface area contributed by atoms with Crippen molar-refractivity contribution in [3.8, 4) is 17.2 Å². The molecule has 164 valence electrons. The Morgan fingerprint density at radius 3 is 2.76 bits per heavy atom. The van der Waals surface area contributed by atoms with Crippen LogP contribution < -0.4 is 14.2 Å². The van der Waals surface area contributed by atoms with Crippen LogP contribution in [0.4, 0.5) is 0 Å². The monoisotopic (exact) mass is 504 g/mol. The van der Waals surface area contributed by atoms with Gasteiger partial charge in [0, 0.05) is 21.5 Å². The minimum atomic E-state index is -0.645. The van der Waals surface area contributed by atoms with Crippen molar-refractivity contribution in [1.29, 1.82) is 0 Å². The molecule has 5 rings (SSSR count). The molecule has 0 N–H and O–H groups in total. The number of furan rings is 1. The molecule has 1 aromatic heterocycles. The first-order chi connectivity index (χ1) is 16.0. The van der Waals surface area contributed by atoms with Crippen LogP contribution in [-0.4, -0.2) is 18.4 Å². The number of Topliss-reactive ketones (excluding diaryl/α,β-unsaturated/α-hetero) is 1. The molecule has 0 bridgehead atoms. The van der Waals surface area contributed by atoms with Gasteiger partial charge < -0.3 is 18.6 Å². The highest BCUT2D eigenvalue weighted by molar-refractivity contribution is 9.10. The van der Waals surface area contributed by atoms with Gasteiger partial charge in [-0.05, 0) is 55.5 Å². The summed E-state index contributed by atoms with van der Waals surface area (Å²) in [5.74, 6) is 0.567. The number of rotatable bonds is 5. The molecule has 0 aliphatic carbocycles. The van der Waals surface area contributed by atoms with Gasteiger partial charge in [-0.2, -0.15) is 0 Å². The molecule has 0 saturated heterocycles. The first kappa shape index (κ1) is 21.0. The lowest BCUT2D eigenvalue weighted by atomic mass is 10.1. The Morgan fingerprint density at radius 1 is 1.06 bits per heavy atom. The molecular weight excluding hydrogens is 488 g/mol. The average Bonchev–Trinajstić information content (AvgIpc) is 3.36. The Balaban J connectivity index is 1.37. The molecule has 2 heterocycles. The van der Waals surface area contributed by atoms with Crippen LogP contribution >= 0.6 is 15.9 Å². The molecule has 1 aliphatic heterocycles. The smallest absolute Gasteiger partial charge is 0.379 e. The second-order valence-electron chi connectivity index (χ2n) is 7.25. The van der Waals surface area contributed by atoms with Crippen LogP contribution in [-0.2, 0) is 0 Å². The maximum atomic E-state index is 12.8. The van der Waals surface area contributed by atoms with Gasteiger partial charge >= 0.3 is 5.97 Å². The number of hydrogen-bond donors (Lipinski definition) is 0. The highest BCUT2D eigenvalue weighted by Gasteiger charge is 2.28. The topological polar surface area (TPSA) is 75.0 Å². The number of ketones is 1. The van der Waals surface area contributed by atoms with E-state index in [1.54, 1.807) is 30.3 Å². The fraction of sp³-hybridized carbons (Fsp3) is 0.0769. The maximum absolute atomic E-state index is 12.8. The molecule has 0 fully saturated rings. The Labute approximate surface area is 197 Å². The summed E-state index contributed by atoms with van der Waals surface area (Å²) in [5.41, 5.74) is 1.71. The standard InChI is InChI=1S/C26H17BrO6/c1-2-30-20-6-4-3-5-15(20)12-23-25(28)19-9-8-18(14-22(19)33-23)31-26(29)24-13-16-11-17(27)7-10-21(16)32-24/h3-14H,2H2,1H3/b23-12-. The second-order valence-corrected chi connectivity index (χ2v) is 8.17. The van der Waals surface area contributed by atoms with Crippen LogP contribution in [0.15, 0.2) is 81.4 Å². The second kappa shape index (κ2) is 8.60. The van der Waals surface area contributed by atoms with E-state index in [9.17, 15) is 9.59 Å². The van der Waals surface area contributed by atoms with E-state index in [0.29, 0.717) is 29.3 Å². The van der Waals surface area contributed by atoms with E-state index in [2.05, 4.69) is 15.9 Å². The zero-order valence-corrected chi connectivity index (χ0v) is 19.0. The van der Waals surface area contributed by atoms with Crippen molar-refractivity contribution in [1.82, 2.24) is 0 Å². The lowest BCUT2D eigenvalue weighted by molar-refractivity contribution is 0.0703. The lowest BCUT2D eigenvalue weighted by Crippen LogP contribution is -2.07. The summed E-state index contributed by atoms with van der Waals surface area (Å²) in [7, 11) is 0. The number of fused-ring (bicyclic) bond motifs is 2. The molecule has 0 spiro atoms. The van der Waals surface area contributed by atoms with Gasteiger partial charge in [0.15, 0.2) is 5.76 Å². The van der Waals surface area contributed by atoms with Gasteiger partial charge in [-0.25, -0.2) is 4.79 Å². The molecular formula is C26H17BrO6. The van der Waals surface area contributed by atoms with Crippen LogP contribution in [0.5, 0.6) is 17.2 Å². The van der Waals surface area contributed by atoms with Gasteiger partial charge in [0.2, 0.25) is 11.5 Å². The van der Waals surface area contributed by atoms with Gasteiger partial charge in [0.05, 0.1) is 12.2 Å². The van der Waals surface area contributed by atoms with Gasteiger partial charge in [0.25, 0.3) is 0 Å². The van der Waals surface area contributed by atoms with Crippen LogP contribution in [0.1, 0.15) is 33.4 Å². The predicted octanol–water partition coefficient (Wildman–Crippen LogP) is 6.43. The largest absolute Gasteiger partial charge is 0.493 e. The van der Waals surface area contributed by atoms with Crippen LogP contribution in [0.25, 0.3) is 17.0 Å². The molecule has 0 atom stereocenters. The summed E-state index contributed by atoms with van der Waals surface area (Å²) in [6, 6.07) is 19.1. The maximum Gasteiger partial charge on any atom is 0.379 e. The Morgan fingerprint density at radius 2 is 1.91 bits per heavy atom. The third-order valence-corrected chi connectivity index (χ3v) is 5.53. The number of halogens is 1. The third kappa shape index (κ3) is 4.15. The minimum Gasteiger partial charge on any atom is -0.493 e. The molecule has 7 heteroatoms.